The van der Waals surface area contributed by atoms with E-state index in [2.05, 4.69) is 14.8 Å². The Morgan fingerprint density at radius 2 is 1.27 bits per heavy atom. The smallest absolute Gasteiger partial charge is 0.488 e. The van der Waals surface area contributed by atoms with Crippen molar-refractivity contribution in [1.82, 2.24) is 0 Å². The second kappa shape index (κ2) is 9.37. The fraction of sp³-hybridized carbons (Fsp3) is 0.125. The summed E-state index contributed by atoms with van der Waals surface area (Å²) in [5, 5.41) is 13.9. The fourth-order valence-electron chi connectivity index (χ4n) is 1.66. The molecule has 0 aromatic heterocycles. The van der Waals surface area contributed by atoms with Crippen LogP contribution in [0.4, 0.5) is 15.3 Å². The van der Waals surface area contributed by atoms with Gasteiger partial charge in [0.05, 0.1) is 0 Å². The molecule has 2 aromatic carbocycles. The number of hydrogen-bond donors (Lipinski definition) is 3. The quantitative estimate of drug-likeness (QED) is 0.550. The SMILES string of the molecule is CC(=O)Nc1ccc(O)cc1.CC(=O)Nc1ccc(OS(=O)(=O)F)cc1. The number of amides is 2. The number of aromatic hydroxyl groups is 1. The minimum absolute atomic E-state index is 0.115. The Balaban J connectivity index is 0.000000273. The monoisotopic (exact) mass is 384 g/mol. The molecule has 2 aromatic rings. The number of benzene rings is 2. The number of halogens is 1. The highest BCUT2D eigenvalue weighted by Gasteiger charge is 2.08. The van der Waals surface area contributed by atoms with E-state index in [1.807, 2.05) is 0 Å². The Kier molecular flexibility index (Phi) is 7.53. The average Bonchev–Trinajstić information content (AvgIpc) is 2.50. The van der Waals surface area contributed by atoms with Crippen LogP contribution in [0.1, 0.15) is 13.8 Å². The van der Waals surface area contributed by atoms with Crippen LogP contribution < -0.4 is 14.8 Å². The second-order valence-corrected chi connectivity index (χ2v) is 5.86. The summed E-state index contributed by atoms with van der Waals surface area (Å²) in [6.07, 6.45) is 0. The first kappa shape index (κ1) is 20.9. The van der Waals surface area contributed by atoms with Crippen LogP contribution in [0, 0.1) is 0 Å². The molecule has 0 aliphatic heterocycles. The summed E-state index contributed by atoms with van der Waals surface area (Å²) in [6, 6.07) is 11.5. The molecule has 26 heavy (non-hydrogen) atoms. The third kappa shape index (κ3) is 9.23. The first-order chi connectivity index (χ1) is 12.0. The standard InChI is InChI=1S/C8H8FNO4S.C8H9NO2/c1-6(11)10-7-2-4-8(5-3-7)14-15(9,12)13;1-6(10)9-7-2-4-8(11)5-3-7/h2-5H,1H3,(H,10,11);2-5,11H,1H3,(H,9,10). The van der Waals surface area contributed by atoms with E-state index in [0.29, 0.717) is 11.4 Å². The summed E-state index contributed by atoms with van der Waals surface area (Å²) in [4.78, 5) is 21.2. The summed E-state index contributed by atoms with van der Waals surface area (Å²) in [7, 11) is -5.00. The second-order valence-electron chi connectivity index (χ2n) is 4.91. The van der Waals surface area contributed by atoms with Gasteiger partial charge in [-0.1, -0.05) is 3.89 Å². The lowest BCUT2D eigenvalue weighted by Gasteiger charge is -2.03. The lowest BCUT2D eigenvalue weighted by atomic mass is 10.3. The summed E-state index contributed by atoms with van der Waals surface area (Å²) < 4.78 is 36.2. The molecular formula is C16H17FN2O6S. The third-order valence-electron chi connectivity index (χ3n) is 2.56. The molecule has 0 unspecified atom stereocenters. The fourth-order valence-corrected chi connectivity index (χ4v) is 2.00. The largest absolute Gasteiger partial charge is 0.508 e. The first-order valence-corrected chi connectivity index (χ1v) is 8.44. The highest BCUT2D eigenvalue weighted by Crippen LogP contribution is 2.17. The summed E-state index contributed by atoms with van der Waals surface area (Å²) >= 11 is 0. The van der Waals surface area contributed by atoms with E-state index in [9.17, 15) is 21.9 Å². The van der Waals surface area contributed by atoms with E-state index in [1.54, 1.807) is 12.1 Å². The van der Waals surface area contributed by atoms with Gasteiger partial charge in [0.15, 0.2) is 0 Å². The molecule has 0 radical (unpaired) electrons. The minimum Gasteiger partial charge on any atom is -0.508 e. The molecule has 3 N–H and O–H groups in total. The number of phenols is 1. The maximum absolute atomic E-state index is 12.1. The topological polar surface area (TPSA) is 122 Å². The number of phenolic OH excluding ortho intramolecular Hbond substituents is 1. The summed E-state index contributed by atoms with van der Waals surface area (Å²) in [5.74, 6) is -0.344. The summed E-state index contributed by atoms with van der Waals surface area (Å²) in [6.45, 7) is 2.77. The van der Waals surface area contributed by atoms with Crippen molar-refractivity contribution in [1.29, 1.82) is 0 Å². The van der Waals surface area contributed by atoms with Gasteiger partial charge >= 0.3 is 10.5 Å². The molecule has 8 nitrogen and oxygen atoms in total. The van der Waals surface area contributed by atoms with Gasteiger partial charge in [-0.25, -0.2) is 0 Å². The Bertz CT molecular complexity index is 851. The molecule has 0 saturated carbocycles. The van der Waals surface area contributed by atoms with Crippen molar-refractivity contribution < 1.29 is 31.2 Å². The van der Waals surface area contributed by atoms with E-state index < -0.39 is 10.5 Å². The van der Waals surface area contributed by atoms with Crippen LogP contribution in [-0.4, -0.2) is 25.3 Å². The highest BCUT2D eigenvalue weighted by molar-refractivity contribution is 7.81. The van der Waals surface area contributed by atoms with Crippen molar-refractivity contribution in [2.24, 2.45) is 0 Å². The molecular weight excluding hydrogens is 367 g/mol. The molecule has 0 saturated heterocycles. The zero-order valence-corrected chi connectivity index (χ0v) is 14.7. The lowest BCUT2D eigenvalue weighted by molar-refractivity contribution is -0.115. The van der Waals surface area contributed by atoms with Crippen LogP contribution in [0.5, 0.6) is 11.5 Å². The van der Waals surface area contributed by atoms with Gasteiger partial charge in [-0.3, -0.25) is 9.59 Å². The predicted molar refractivity (Wildman–Crippen MR) is 93.8 cm³/mol. The van der Waals surface area contributed by atoms with Crippen LogP contribution in [0.2, 0.25) is 0 Å². The highest BCUT2D eigenvalue weighted by atomic mass is 32.3. The van der Waals surface area contributed by atoms with Crippen LogP contribution in [0.25, 0.3) is 0 Å². The molecule has 2 amide bonds. The molecule has 0 aliphatic carbocycles. The van der Waals surface area contributed by atoms with E-state index in [-0.39, 0.29) is 23.3 Å². The normalized spacial score (nSPS) is 10.1. The van der Waals surface area contributed by atoms with E-state index in [4.69, 9.17) is 5.11 Å². The molecule has 0 fully saturated rings. The number of carbonyl (C=O) groups excluding carboxylic acids is 2. The molecule has 0 spiro atoms. The van der Waals surface area contributed by atoms with Crippen molar-refractivity contribution in [2.75, 3.05) is 10.6 Å². The van der Waals surface area contributed by atoms with Crippen molar-refractivity contribution in [3.05, 3.63) is 48.5 Å². The van der Waals surface area contributed by atoms with Gasteiger partial charge in [0.25, 0.3) is 0 Å². The number of hydrogen-bond acceptors (Lipinski definition) is 6. The van der Waals surface area contributed by atoms with Crippen LogP contribution in [0.3, 0.4) is 0 Å². The third-order valence-corrected chi connectivity index (χ3v) is 2.95. The summed E-state index contributed by atoms with van der Waals surface area (Å²) in [5.41, 5.74) is 1.15. The molecule has 0 atom stereocenters. The number of nitrogens with one attached hydrogen (secondary N) is 2. The van der Waals surface area contributed by atoms with E-state index in [0.717, 1.165) is 0 Å². The van der Waals surface area contributed by atoms with Gasteiger partial charge in [0, 0.05) is 25.2 Å². The van der Waals surface area contributed by atoms with Gasteiger partial charge in [-0.2, -0.15) is 8.42 Å². The van der Waals surface area contributed by atoms with Gasteiger partial charge < -0.3 is 19.9 Å². The molecule has 10 heteroatoms. The molecule has 2 rings (SSSR count). The number of carbonyl (C=O) groups is 2. The average molecular weight is 384 g/mol. The van der Waals surface area contributed by atoms with Crippen molar-refractivity contribution in [3.63, 3.8) is 0 Å². The van der Waals surface area contributed by atoms with Crippen LogP contribution in [0.15, 0.2) is 48.5 Å². The Morgan fingerprint density at radius 1 is 0.885 bits per heavy atom. The predicted octanol–water partition coefficient (Wildman–Crippen LogP) is 2.59. The van der Waals surface area contributed by atoms with Gasteiger partial charge in [0.2, 0.25) is 11.8 Å². The Hall–Kier alpha value is -3.14. The molecule has 0 heterocycles. The van der Waals surface area contributed by atoms with Crippen LogP contribution in [-0.2, 0) is 20.1 Å². The van der Waals surface area contributed by atoms with Crippen molar-refractivity contribution >= 4 is 33.7 Å². The molecule has 0 bridgehead atoms. The number of anilines is 2. The van der Waals surface area contributed by atoms with E-state index >= 15 is 0 Å². The molecule has 140 valence electrons. The molecule has 0 aliphatic rings. The Labute approximate surface area is 150 Å². The van der Waals surface area contributed by atoms with Crippen molar-refractivity contribution in [3.8, 4) is 11.5 Å². The van der Waals surface area contributed by atoms with Gasteiger partial charge in [-0.05, 0) is 48.5 Å². The first-order valence-electron chi connectivity index (χ1n) is 7.13. The Morgan fingerprint density at radius 3 is 1.62 bits per heavy atom. The van der Waals surface area contributed by atoms with E-state index in [1.165, 1.54) is 50.2 Å². The lowest BCUT2D eigenvalue weighted by Crippen LogP contribution is -2.06. The zero-order chi connectivity index (χ0) is 19.7. The van der Waals surface area contributed by atoms with Gasteiger partial charge in [0.1, 0.15) is 11.5 Å². The van der Waals surface area contributed by atoms with Gasteiger partial charge in [-0.15, -0.1) is 0 Å². The van der Waals surface area contributed by atoms with Crippen molar-refractivity contribution in [2.45, 2.75) is 13.8 Å². The zero-order valence-electron chi connectivity index (χ0n) is 13.9. The maximum Gasteiger partial charge on any atom is 0.488 e. The van der Waals surface area contributed by atoms with Crippen LogP contribution >= 0.6 is 0 Å². The maximum atomic E-state index is 12.1. The number of rotatable bonds is 4. The minimum atomic E-state index is -5.00.